The van der Waals surface area contributed by atoms with Crippen LogP contribution in [0.3, 0.4) is 0 Å². The molecule has 0 radical (unpaired) electrons. The molecule has 2 aliphatic rings. The third-order valence-electron chi connectivity index (χ3n) is 11.1. The van der Waals surface area contributed by atoms with Crippen molar-refractivity contribution in [2.24, 2.45) is 0 Å². The third kappa shape index (κ3) is 10.4. The van der Waals surface area contributed by atoms with Gasteiger partial charge < -0.3 is 5.11 Å². The van der Waals surface area contributed by atoms with Crippen LogP contribution in [-0.4, -0.2) is 55.1 Å². The third-order valence-corrected chi connectivity index (χ3v) is 12.9. The van der Waals surface area contributed by atoms with E-state index in [2.05, 4.69) is 53.4 Å². The predicted octanol–water partition coefficient (Wildman–Crippen LogP) is 11.6. The zero-order valence-corrected chi connectivity index (χ0v) is 32.3. The molecule has 0 bridgehead atoms. The first-order chi connectivity index (χ1) is 26.7. The molecule has 0 saturated carbocycles. The van der Waals surface area contributed by atoms with Crippen molar-refractivity contribution in [3.05, 3.63) is 124 Å². The topological polar surface area (TPSA) is 57.6 Å². The normalized spacial score (nSPS) is 14.5. The molecule has 0 atom stereocenters. The molecular formula is C45H49F6NO3S. The van der Waals surface area contributed by atoms with Crippen molar-refractivity contribution < 1.29 is 39.9 Å². The Hall–Kier alpha value is -4.09. The number of phenolic OH excluding ortho intramolecular Hbond substituents is 1. The predicted molar refractivity (Wildman–Crippen MR) is 211 cm³/mol. The lowest BCUT2D eigenvalue weighted by Crippen LogP contribution is -2.36. The van der Waals surface area contributed by atoms with Gasteiger partial charge in [0.25, 0.3) is 0 Å². The largest absolute Gasteiger partial charge is 0.508 e. The van der Waals surface area contributed by atoms with Gasteiger partial charge in [0.05, 0.1) is 11.5 Å². The number of sulfone groups is 1. The Morgan fingerprint density at radius 2 is 1.38 bits per heavy atom. The van der Waals surface area contributed by atoms with Gasteiger partial charge >= 0.3 is 12.1 Å². The molecule has 4 aromatic carbocycles. The minimum absolute atomic E-state index is 0.193. The number of benzene rings is 4. The first-order valence-corrected chi connectivity index (χ1v) is 21.4. The highest BCUT2D eigenvalue weighted by Crippen LogP contribution is 2.46. The second-order valence-corrected chi connectivity index (χ2v) is 17.5. The molecule has 56 heavy (non-hydrogen) atoms. The van der Waals surface area contributed by atoms with Gasteiger partial charge in [0.1, 0.15) is 21.4 Å². The van der Waals surface area contributed by atoms with E-state index in [4.69, 9.17) is 0 Å². The van der Waals surface area contributed by atoms with E-state index < -0.39 is 40.5 Å². The molecule has 0 spiro atoms. The Morgan fingerprint density at radius 3 is 2.16 bits per heavy atom. The van der Waals surface area contributed by atoms with Crippen molar-refractivity contribution in [2.45, 2.75) is 95.7 Å². The number of alkyl halides is 5. The zero-order chi connectivity index (χ0) is 39.9. The van der Waals surface area contributed by atoms with Crippen molar-refractivity contribution in [3.63, 3.8) is 0 Å². The lowest BCUT2D eigenvalue weighted by Gasteiger charge is -2.23. The van der Waals surface area contributed by atoms with E-state index in [0.29, 0.717) is 19.6 Å². The lowest BCUT2D eigenvalue weighted by molar-refractivity contribution is -0.284. The molecule has 4 aromatic rings. The number of aromatic hydroxyl groups is 1. The molecule has 0 amide bonds. The molecule has 11 heteroatoms. The summed E-state index contributed by atoms with van der Waals surface area (Å²) in [6.07, 6.45) is 0.431. The SMILES string of the molecule is O=S(=O)(CCCN(CCCCCCC1=C(c2cccc3c2-c2ccccc2C3)CCCc2cc(O)ccc21)Cc1ccc(F)cc1)CCCC(F)(F)C(F)(F)F. The Bertz CT molecular complexity index is 2110. The van der Waals surface area contributed by atoms with Crippen molar-refractivity contribution in [1.82, 2.24) is 4.90 Å². The Labute approximate surface area is 326 Å². The molecule has 4 nitrogen and oxygen atoms in total. The van der Waals surface area contributed by atoms with Crippen LogP contribution in [0.5, 0.6) is 5.75 Å². The maximum Gasteiger partial charge on any atom is 0.453 e. The van der Waals surface area contributed by atoms with Gasteiger partial charge in [0.15, 0.2) is 0 Å². The van der Waals surface area contributed by atoms with Gasteiger partial charge in [-0.25, -0.2) is 12.8 Å². The smallest absolute Gasteiger partial charge is 0.453 e. The summed E-state index contributed by atoms with van der Waals surface area (Å²) in [5.74, 6) is -6.07. The fourth-order valence-electron chi connectivity index (χ4n) is 8.25. The second kappa shape index (κ2) is 18.0. The Kier molecular flexibility index (Phi) is 13.4. The van der Waals surface area contributed by atoms with Gasteiger partial charge in [-0.05, 0) is 151 Å². The van der Waals surface area contributed by atoms with Crippen LogP contribution < -0.4 is 0 Å². The van der Waals surface area contributed by atoms with Gasteiger partial charge in [-0.2, -0.15) is 22.0 Å². The molecule has 6 rings (SSSR count). The molecule has 0 aliphatic heterocycles. The van der Waals surface area contributed by atoms with Gasteiger partial charge in [0.2, 0.25) is 0 Å². The summed E-state index contributed by atoms with van der Waals surface area (Å²) in [5, 5.41) is 10.4. The highest BCUT2D eigenvalue weighted by Gasteiger charge is 2.56. The van der Waals surface area contributed by atoms with E-state index >= 15 is 0 Å². The van der Waals surface area contributed by atoms with Crippen molar-refractivity contribution >= 4 is 21.0 Å². The summed E-state index contributed by atoms with van der Waals surface area (Å²) in [6, 6.07) is 27.1. The maximum absolute atomic E-state index is 13.6. The molecule has 0 fully saturated rings. The summed E-state index contributed by atoms with van der Waals surface area (Å²) in [5.41, 5.74) is 12.5. The molecule has 0 saturated heterocycles. The van der Waals surface area contributed by atoms with Crippen LogP contribution in [0.25, 0.3) is 22.3 Å². The Morgan fingerprint density at radius 1 is 0.679 bits per heavy atom. The minimum atomic E-state index is -5.71. The number of rotatable bonds is 18. The highest BCUT2D eigenvalue weighted by atomic mass is 32.2. The van der Waals surface area contributed by atoms with Crippen LogP contribution in [0, 0.1) is 5.82 Å². The fraction of sp³-hybridized carbons (Fsp3) is 0.422. The van der Waals surface area contributed by atoms with E-state index in [1.165, 1.54) is 62.2 Å². The van der Waals surface area contributed by atoms with E-state index in [0.717, 1.165) is 63.4 Å². The number of nitrogens with zero attached hydrogens (tertiary/aromatic N) is 1. The molecule has 2 aliphatic carbocycles. The molecule has 0 aromatic heterocycles. The first-order valence-electron chi connectivity index (χ1n) is 19.6. The van der Waals surface area contributed by atoms with Crippen LogP contribution >= 0.6 is 0 Å². The quantitative estimate of drug-likeness (QED) is 0.0709. The molecule has 1 N–H and O–H groups in total. The standard InChI is InChI=1S/C45H49F6NO3S/c46-36-20-18-32(19-21-36)31-52(26-10-28-56(54,55)27-9-24-44(47,48)45(49,50)51)25-6-2-1-3-15-40-38-23-22-37(53)30-34(38)12-7-16-41(40)42-17-8-13-35-29-33-11-4-5-14-39(33)43(35)42/h4-5,8,11,13-14,17-23,30,53H,1-3,6-7,9-10,12,15-16,24-29,31H2. The number of hydrogen-bond donors (Lipinski definition) is 1. The van der Waals surface area contributed by atoms with Gasteiger partial charge in [-0.15, -0.1) is 0 Å². The monoisotopic (exact) mass is 797 g/mol. The van der Waals surface area contributed by atoms with Crippen molar-refractivity contribution in [3.8, 4) is 16.9 Å². The summed E-state index contributed by atoms with van der Waals surface area (Å²) in [6.45, 7) is 1.49. The fourth-order valence-corrected chi connectivity index (χ4v) is 9.61. The van der Waals surface area contributed by atoms with Gasteiger partial charge in [-0.1, -0.05) is 73.5 Å². The molecule has 300 valence electrons. The van der Waals surface area contributed by atoms with E-state index in [-0.39, 0.29) is 23.7 Å². The van der Waals surface area contributed by atoms with E-state index in [1.807, 2.05) is 6.07 Å². The first kappa shape index (κ1) is 41.5. The second-order valence-electron chi connectivity index (χ2n) is 15.2. The lowest BCUT2D eigenvalue weighted by atomic mass is 9.85. The number of phenols is 1. The van der Waals surface area contributed by atoms with Crippen LogP contribution in [0.15, 0.2) is 84.9 Å². The maximum atomic E-state index is 13.6. The summed E-state index contributed by atoms with van der Waals surface area (Å²) >= 11 is 0. The van der Waals surface area contributed by atoms with Crippen molar-refractivity contribution in [2.75, 3.05) is 24.6 Å². The minimum Gasteiger partial charge on any atom is -0.508 e. The average Bonchev–Trinajstić information content (AvgIpc) is 3.43. The number of unbranched alkanes of at least 4 members (excludes halogenated alkanes) is 3. The number of fused-ring (bicyclic) bond motifs is 4. The van der Waals surface area contributed by atoms with Crippen LogP contribution in [0.4, 0.5) is 26.3 Å². The average molecular weight is 798 g/mol. The van der Waals surface area contributed by atoms with E-state index in [1.54, 1.807) is 18.2 Å². The number of allylic oxidation sites excluding steroid dienone is 2. The van der Waals surface area contributed by atoms with Crippen LogP contribution in [0.1, 0.15) is 97.6 Å². The molecule has 0 unspecified atom stereocenters. The number of hydrogen-bond acceptors (Lipinski definition) is 4. The highest BCUT2D eigenvalue weighted by molar-refractivity contribution is 7.91. The zero-order valence-electron chi connectivity index (χ0n) is 31.5. The summed E-state index contributed by atoms with van der Waals surface area (Å²) in [7, 11) is -3.83. The van der Waals surface area contributed by atoms with Gasteiger partial charge in [0, 0.05) is 13.0 Å². The Balaban J connectivity index is 1.09. The molecular weight excluding hydrogens is 749 g/mol. The van der Waals surface area contributed by atoms with Crippen LogP contribution in [-0.2, 0) is 29.2 Å². The number of aryl methyl sites for hydroxylation is 1. The van der Waals surface area contributed by atoms with Crippen molar-refractivity contribution in [1.29, 1.82) is 0 Å². The molecule has 0 heterocycles. The van der Waals surface area contributed by atoms with E-state index in [9.17, 15) is 39.9 Å². The summed E-state index contributed by atoms with van der Waals surface area (Å²) in [4.78, 5) is 2.09. The van der Waals surface area contributed by atoms with Gasteiger partial charge in [-0.3, -0.25) is 4.90 Å². The van der Waals surface area contributed by atoms with Crippen LogP contribution in [0.2, 0.25) is 0 Å². The number of halogens is 6. The summed E-state index contributed by atoms with van der Waals surface area (Å²) < 4.78 is 103.